The first-order valence-corrected chi connectivity index (χ1v) is 4.60. The molecule has 0 aromatic carbocycles. The van der Waals surface area contributed by atoms with Gasteiger partial charge in [0.05, 0.1) is 0 Å². The molecule has 4 rings (SSSR count). The molecule has 2 heteroatoms. The maximum absolute atomic E-state index is 13.9. The van der Waals surface area contributed by atoms with Gasteiger partial charge in [-0.15, -0.1) is 0 Å². The van der Waals surface area contributed by atoms with Crippen LogP contribution < -0.4 is 0 Å². The molecule has 4 unspecified atom stereocenters. The molecule has 4 fully saturated rings. The lowest BCUT2D eigenvalue weighted by Crippen LogP contribution is -2.33. The molecular weight excluding hydrogens is 155 g/mol. The van der Waals surface area contributed by atoms with Crippen molar-refractivity contribution < 1.29 is 9.18 Å². The van der Waals surface area contributed by atoms with Crippen molar-refractivity contribution in [2.45, 2.75) is 32.9 Å². The molecule has 0 spiro atoms. The molecular formula is C10H13FO. The van der Waals surface area contributed by atoms with Gasteiger partial charge in [0.15, 0.2) is 11.5 Å². The summed E-state index contributed by atoms with van der Waals surface area (Å²) >= 11 is 0. The van der Waals surface area contributed by atoms with Crippen LogP contribution >= 0.6 is 0 Å². The average molecular weight is 168 g/mol. The number of hydrogen-bond acceptors (Lipinski definition) is 1. The normalized spacial score (nSPS) is 64.2. The van der Waals surface area contributed by atoms with Crippen LogP contribution in [0.3, 0.4) is 0 Å². The lowest BCUT2D eigenvalue weighted by Gasteiger charge is -2.31. The van der Waals surface area contributed by atoms with E-state index in [1.165, 1.54) is 0 Å². The molecule has 12 heavy (non-hydrogen) atoms. The van der Waals surface area contributed by atoms with Gasteiger partial charge in [-0.25, -0.2) is 4.39 Å². The van der Waals surface area contributed by atoms with Gasteiger partial charge in [0.25, 0.3) is 0 Å². The van der Waals surface area contributed by atoms with Crippen molar-refractivity contribution in [3.63, 3.8) is 0 Å². The molecule has 0 N–H and O–H groups in total. The van der Waals surface area contributed by atoms with Gasteiger partial charge in [-0.05, 0) is 11.8 Å². The summed E-state index contributed by atoms with van der Waals surface area (Å²) in [6.45, 7) is 6.03. The van der Waals surface area contributed by atoms with E-state index in [9.17, 15) is 9.18 Å². The Morgan fingerprint density at radius 2 is 2.00 bits per heavy atom. The molecule has 0 aromatic heterocycles. The maximum Gasteiger partial charge on any atom is 0.176 e. The maximum atomic E-state index is 13.9. The summed E-state index contributed by atoms with van der Waals surface area (Å²) in [4.78, 5) is 11.7. The molecule has 4 saturated carbocycles. The highest BCUT2D eigenvalue weighted by Gasteiger charge is 2.92. The van der Waals surface area contributed by atoms with Gasteiger partial charge in [0, 0.05) is 17.3 Å². The number of halogens is 1. The third-order valence-electron chi connectivity index (χ3n) is 4.96. The second kappa shape index (κ2) is 1.28. The van der Waals surface area contributed by atoms with E-state index < -0.39 is 5.67 Å². The average Bonchev–Trinajstić information content (AvgIpc) is 2.35. The van der Waals surface area contributed by atoms with E-state index in [1.54, 1.807) is 0 Å². The van der Waals surface area contributed by atoms with Crippen molar-refractivity contribution in [2.24, 2.45) is 22.7 Å². The molecule has 0 amide bonds. The first-order chi connectivity index (χ1) is 5.37. The number of hydrogen-bond donors (Lipinski definition) is 0. The summed E-state index contributed by atoms with van der Waals surface area (Å²) in [5.41, 5.74) is -1.83. The lowest BCUT2D eigenvalue weighted by molar-refractivity contribution is -0.130. The van der Waals surface area contributed by atoms with Gasteiger partial charge in [-0.1, -0.05) is 20.8 Å². The molecule has 0 heterocycles. The third kappa shape index (κ3) is 0.341. The van der Waals surface area contributed by atoms with Crippen molar-refractivity contribution in [3.8, 4) is 0 Å². The van der Waals surface area contributed by atoms with E-state index in [4.69, 9.17) is 0 Å². The molecule has 4 aliphatic carbocycles. The summed E-state index contributed by atoms with van der Waals surface area (Å²) in [5.74, 6) is 0.0162. The smallest absolute Gasteiger partial charge is 0.176 e. The van der Waals surface area contributed by atoms with Crippen molar-refractivity contribution in [1.29, 1.82) is 0 Å². The fourth-order valence-electron chi connectivity index (χ4n) is 3.88. The molecule has 0 saturated heterocycles. The summed E-state index contributed by atoms with van der Waals surface area (Å²) in [5, 5.41) is 0. The van der Waals surface area contributed by atoms with Gasteiger partial charge in [0.2, 0.25) is 0 Å². The quantitative estimate of drug-likeness (QED) is 0.540. The Kier molecular flexibility index (Phi) is 0.753. The van der Waals surface area contributed by atoms with Gasteiger partial charge in [0.1, 0.15) is 0 Å². The number of Topliss-reactive ketones (excluding diaryl/α,β-unsaturated/α-hetero) is 1. The minimum Gasteiger partial charge on any atom is -0.295 e. The molecule has 4 bridgehead atoms. The summed E-state index contributed by atoms with van der Waals surface area (Å²) in [6.07, 6.45) is 0.792. The minimum atomic E-state index is -1.39. The van der Waals surface area contributed by atoms with Crippen LogP contribution in [0.15, 0.2) is 0 Å². The molecule has 0 aliphatic heterocycles. The molecule has 66 valence electrons. The Hall–Kier alpha value is -0.400. The van der Waals surface area contributed by atoms with Crippen molar-refractivity contribution >= 4 is 5.78 Å². The first kappa shape index (κ1) is 7.05. The fourth-order valence-corrected chi connectivity index (χ4v) is 3.88. The summed E-state index contributed by atoms with van der Waals surface area (Å²) in [7, 11) is 0. The highest BCUT2D eigenvalue weighted by molar-refractivity contribution is 6.03. The van der Waals surface area contributed by atoms with Crippen molar-refractivity contribution in [2.75, 3.05) is 0 Å². The van der Waals surface area contributed by atoms with Crippen LogP contribution in [-0.4, -0.2) is 11.5 Å². The Labute approximate surface area is 71.3 Å². The van der Waals surface area contributed by atoms with Crippen LogP contribution in [0.25, 0.3) is 0 Å². The van der Waals surface area contributed by atoms with Gasteiger partial charge in [-0.2, -0.15) is 0 Å². The second-order valence-electron chi connectivity index (χ2n) is 5.44. The number of carbonyl (C=O) groups excluding carboxylic acids is 1. The van der Waals surface area contributed by atoms with Gasteiger partial charge < -0.3 is 0 Å². The first-order valence-electron chi connectivity index (χ1n) is 4.60. The minimum absolute atomic E-state index is 0.0440. The Balaban J connectivity index is 2.26. The fraction of sp³-hybridized carbons (Fsp3) is 0.900. The summed E-state index contributed by atoms with van der Waals surface area (Å²) < 4.78 is 13.9. The van der Waals surface area contributed by atoms with E-state index in [-0.39, 0.29) is 28.4 Å². The van der Waals surface area contributed by atoms with Crippen LogP contribution in [0.5, 0.6) is 0 Å². The monoisotopic (exact) mass is 168 g/mol. The van der Waals surface area contributed by atoms with Crippen LogP contribution in [0.1, 0.15) is 27.2 Å². The Morgan fingerprint density at radius 1 is 1.42 bits per heavy atom. The largest absolute Gasteiger partial charge is 0.295 e. The van der Waals surface area contributed by atoms with Crippen LogP contribution in [0.2, 0.25) is 0 Å². The predicted octanol–water partition coefficient (Wildman–Crippen LogP) is 1.96. The van der Waals surface area contributed by atoms with Gasteiger partial charge >= 0.3 is 0 Å². The predicted molar refractivity (Wildman–Crippen MR) is 42.3 cm³/mol. The standard InChI is InChI=1S/C10H13FO/c1-8(2)6-5-4-9(8,3)7(12)10(5,6)11/h5-6H,4H2,1-3H3. The van der Waals surface area contributed by atoms with E-state index >= 15 is 0 Å². The SMILES string of the molecule is CC12CC3C(C3(F)C1=O)C2(C)C. The third-order valence-corrected chi connectivity index (χ3v) is 4.96. The van der Waals surface area contributed by atoms with E-state index in [0.29, 0.717) is 0 Å². The van der Waals surface area contributed by atoms with E-state index in [1.807, 2.05) is 20.8 Å². The molecule has 4 aliphatic rings. The van der Waals surface area contributed by atoms with Crippen LogP contribution in [-0.2, 0) is 4.79 Å². The second-order valence-corrected chi connectivity index (χ2v) is 5.44. The number of rotatable bonds is 0. The lowest BCUT2D eigenvalue weighted by atomic mass is 9.70. The molecule has 1 nitrogen and oxygen atoms in total. The topological polar surface area (TPSA) is 17.1 Å². The van der Waals surface area contributed by atoms with Crippen LogP contribution in [0.4, 0.5) is 4.39 Å². The Bertz CT molecular complexity index is 309. The molecule has 4 atom stereocenters. The highest BCUT2D eigenvalue weighted by atomic mass is 19.1. The van der Waals surface area contributed by atoms with Crippen molar-refractivity contribution in [1.82, 2.24) is 0 Å². The summed E-state index contributed by atoms with van der Waals surface area (Å²) in [6, 6.07) is 0. The van der Waals surface area contributed by atoms with E-state index in [0.717, 1.165) is 6.42 Å². The highest BCUT2D eigenvalue weighted by Crippen LogP contribution is 2.84. The van der Waals surface area contributed by atoms with Crippen molar-refractivity contribution in [3.05, 3.63) is 0 Å². The Morgan fingerprint density at radius 3 is 2.08 bits per heavy atom. The number of ketones is 1. The number of carbonyl (C=O) groups is 1. The van der Waals surface area contributed by atoms with Crippen LogP contribution in [0, 0.1) is 22.7 Å². The molecule has 0 radical (unpaired) electrons. The zero-order valence-corrected chi connectivity index (χ0v) is 7.65. The van der Waals surface area contributed by atoms with Gasteiger partial charge in [-0.3, -0.25) is 4.79 Å². The molecule has 0 aromatic rings. The zero-order valence-electron chi connectivity index (χ0n) is 7.65. The number of alkyl halides is 1. The van der Waals surface area contributed by atoms with E-state index in [2.05, 4.69) is 0 Å². The zero-order chi connectivity index (χ0) is 8.94.